The molecule has 0 heterocycles. The van der Waals surface area contributed by atoms with Gasteiger partial charge in [-0.3, -0.25) is 0 Å². The Bertz CT molecular complexity index is 688. The lowest BCUT2D eigenvalue weighted by Crippen LogP contribution is -2.14. The average Bonchev–Trinajstić information content (AvgIpc) is 2.51. The van der Waals surface area contributed by atoms with Crippen LogP contribution in [0.15, 0.2) is 45.9 Å². The molecule has 116 valence electrons. The van der Waals surface area contributed by atoms with Crippen LogP contribution in [0.5, 0.6) is 11.5 Å². The Balaban J connectivity index is 2.27. The quantitative estimate of drug-likeness (QED) is 0.482. The molecule has 0 aliphatic carbocycles. The second-order valence-electron chi connectivity index (χ2n) is 4.92. The van der Waals surface area contributed by atoms with Gasteiger partial charge in [0.15, 0.2) is 0 Å². The van der Waals surface area contributed by atoms with E-state index in [0.717, 1.165) is 28.0 Å². The maximum atomic E-state index is 6.33. The van der Waals surface area contributed by atoms with Gasteiger partial charge < -0.3 is 9.64 Å². The Kier molecular flexibility index (Phi) is 5.86. The largest absolute Gasteiger partial charge is 0.455 e. The topological polar surface area (TPSA) is 24.8 Å². The number of aliphatic imine (C=N–C) groups is 1. The molecular weight excluding hydrogens is 364 g/mol. The molecule has 2 rings (SSSR count). The molecule has 0 spiro atoms. The highest BCUT2D eigenvalue weighted by atomic mass is 79.9. The zero-order valence-electron chi connectivity index (χ0n) is 12.8. The Labute approximate surface area is 144 Å². The van der Waals surface area contributed by atoms with Crippen LogP contribution in [0.1, 0.15) is 12.5 Å². The van der Waals surface area contributed by atoms with Gasteiger partial charge in [-0.2, -0.15) is 0 Å². The van der Waals surface area contributed by atoms with E-state index in [0.29, 0.717) is 10.8 Å². The molecule has 0 atom stereocenters. The molecule has 0 aromatic heterocycles. The normalized spacial score (nSPS) is 11.0. The number of aryl methyl sites for hydroxylation is 1. The van der Waals surface area contributed by atoms with Crippen LogP contribution in [0, 0.1) is 6.92 Å². The van der Waals surface area contributed by atoms with Crippen molar-refractivity contribution in [1.29, 1.82) is 0 Å². The van der Waals surface area contributed by atoms with Crippen LogP contribution in [0.3, 0.4) is 0 Å². The van der Waals surface area contributed by atoms with E-state index >= 15 is 0 Å². The molecule has 0 fully saturated rings. The summed E-state index contributed by atoms with van der Waals surface area (Å²) in [5.41, 5.74) is 1.84. The van der Waals surface area contributed by atoms with Crippen molar-refractivity contribution in [2.24, 2.45) is 4.99 Å². The van der Waals surface area contributed by atoms with Gasteiger partial charge in [0, 0.05) is 13.6 Å². The lowest BCUT2D eigenvalue weighted by molar-refractivity contribution is 0.479. The Morgan fingerprint density at radius 1 is 1.27 bits per heavy atom. The molecule has 0 aliphatic heterocycles. The highest BCUT2D eigenvalue weighted by Gasteiger charge is 2.09. The number of hydrogen-bond acceptors (Lipinski definition) is 2. The highest BCUT2D eigenvalue weighted by Crippen LogP contribution is 2.37. The number of nitrogens with zero attached hydrogens (tertiary/aromatic N) is 2. The van der Waals surface area contributed by atoms with Crippen LogP contribution < -0.4 is 4.74 Å². The van der Waals surface area contributed by atoms with Crippen LogP contribution in [0.2, 0.25) is 5.02 Å². The molecule has 0 bridgehead atoms. The first-order chi connectivity index (χ1) is 10.5. The summed E-state index contributed by atoms with van der Waals surface area (Å²) in [7, 11) is 1.98. The van der Waals surface area contributed by atoms with Gasteiger partial charge in [-0.05, 0) is 59.6 Å². The number of para-hydroxylation sites is 1. The summed E-state index contributed by atoms with van der Waals surface area (Å²) in [6, 6.07) is 11.4. The van der Waals surface area contributed by atoms with Crippen molar-refractivity contribution < 1.29 is 4.74 Å². The minimum Gasteiger partial charge on any atom is -0.455 e. The second-order valence-corrected chi connectivity index (χ2v) is 6.18. The lowest BCUT2D eigenvalue weighted by atomic mass is 10.2. The van der Waals surface area contributed by atoms with E-state index in [9.17, 15) is 0 Å². The van der Waals surface area contributed by atoms with E-state index in [4.69, 9.17) is 16.3 Å². The van der Waals surface area contributed by atoms with Crippen molar-refractivity contribution in [3.63, 3.8) is 0 Å². The number of hydrogen-bond donors (Lipinski definition) is 0. The van der Waals surface area contributed by atoms with E-state index < -0.39 is 0 Å². The summed E-state index contributed by atoms with van der Waals surface area (Å²) in [5.74, 6) is 1.35. The minimum atomic E-state index is 0.535. The number of halogens is 2. The van der Waals surface area contributed by atoms with Crippen molar-refractivity contribution in [3.8, 4) is 11.5 Å². The van der Waals surface area contributed by atoms with Crippen molar-refractivity contribution >= 4 is 39.6 Å². The van der Waals surface area contributed by atoms with Crippen LogP contribution in [0.4, 0.5) is 5.69 Å². The van der Waals surface area contributed by atoms with Crippen molar-refractivity contribution in [1.82, 2.24) is 4.90 Å². The summed E-state index contributed by atoms with van der Waals surface area (Å²) in [5, 5.41) is 0.535. The van der Waals surface area contributed by atoms with Crippen LogP contribution in [0.25, 0.3) is 0 Å². The molecule has 0 radical (unpaired) electrons. The SMILES string of the molecule is CCN(C)C=Nc1cc(Cl)c(Oc2ccccc2Br)cc1C. The Morgan fingerprint density at radius 2 is 2.00 bits per heavy atom. The average molecular weight is 382 g/mol. The fourth-order valence-electron chi connectivity index (χ4n) is 1.75. The number of ether oxygens (including phenoxy) is 1. The molecule has 22 heavy (non-hydrogen) atoms. The van der Waals surface area contributed by atoms with Crippen LogP contribution >= 0.6 is 27.5 Å². The van der Waals surface area contributed by atoms with E-state index in [1.54, 1.807) is 6.34 Å². The monoisotopic (exact) mass is 380 g/mol. The fourth-order valence-corrected chi connectivity index (χ4v) is 2.31. The Morgan fingerprint density at radius 3 is 2.68 bits per heavy atom. The van der Waals surface area contributed by atoms with Crippen molar-refractivity contribution in [3.05, 3.63) is 51.5 Å². The number of benzene rings is 2. The maximum Gasteiger partial charge on any atom is 0.146 e. The first-order valence-electron chi connectivity index (χ1n) is 6.98. The molecule has 0 unspecified atom stereocenters. The van der Waals surface area contributed by atoms with Gasteiger partial charge in [-0.1, -0.05) is 23.7 Å². The smallest absolute Gasteiger partial charge is 0.146 e. The molecule has 0 saturated heterocycles. The van der Waals surface area contributed by atoms with Crippen molar-refractivity contribution in [2.75, 3.05) is 13.6 Å². The van der Waals surface area contributed by atoms with E-state index in [-0.39, 0.29) is 0 Å². The third-order valence-corrected chi connectivity index (χ3v) is 4.15. The van der Waals surface area contributed by atoms with Gasteiger partial charge >= 0.3 is 0 Å². The zero-order valence-corrected chi connectivity index (χ0v) is 15.1. The Hall–Kier alpha value is -1.52. The maximum absolute atomic E-state index is 6.33. The predicted molar refractivity (Wildman–Crippen MR) is 96.9 cm³/mol. The van der Waals surface area contributed by atoms with E-state index in [1.165, 1.54) is 0 Å². The summed E-state index contributed by atoms with van der Waals surface area (Å²) in [6.07, 6.45) is 1.80. The van der Waals surface area contributed by atoms with Gasteiger partial charge in [-0.15, -0.1) is 0 Å². The van der Waals surface area contributed by atoms with E-state index in [1.807, 2.05) is 55.3 Å². The zero-order chi connectivity index (χ0) is 16.1. The third kappa shape index (κ3) is 4.24. The fraction of sp³-hybridized carbons (Fsp3) is 0.235. The van der Waals surface area contributed by atoms with Crippen molar-refractivity contribution in [2.45, 2.75) is 13.8 Å². The second kappa shape index (κ2) is 7.65. The molecule has 0 saturated carbocycles. The molecule has 2 aromatic carbocycles. The molecule has 3 nitrogen and oxygen atoms in total. The van der Waals surface area contributed by atoms with Gasteiger partial charge in [0.25, 0.3) is 0 Å². The summed E-state index contributed by atoms with van der Waals surface area (Å²) < 4.78 is 6.77. The van der Waals surface area contributed by atoms with E-state index in [2.05, 4.69) is 27.8 Å². The molecule has 0 amide bonds. The van der Waals surface area contributed by atoms with Crippen LogP contribution in [-0.4, -0.2) is 24.8 Å². The standard InChI is InChI=1S/C17H18BrClN2O/c1-4-21(3)11-20-15-10-14(19)17(9-12(15)2)22-16-8-6-5-7-13(16)18/h5-11H,4H2,1-3H3. The number of rotatable bonds is 5. The molecule has 0 aliphatic rings. The molecule has 5 heteroatoms. The van der Waals surface area contributed by atoms with Gasteiger partial charge in [0.05, 0.1) is 21.5 Å². The third-order valence-electron chi connectivity index (χ3n) is 3.20. The lowest BCUT2D eigenvalue weighted by Gasteiger charge is -2.12. The predicted octanol–water partition coefficient (Wildman–Crippen LogP) is 5.81. The molecular formula is C17H18BrClN2O. The van der Waals surface area contributed by atoms with Crippen LogP contribution in [-0.2, 0) is 0 Å². The molecule has 0 N–H and O–H groups in total. The highest BCUT2D eigenvalue weighted by molar-refractivity contribution is 9.10. The first-order valence-corrected chi connectivity index (χ1v) is 8.15. The summed E-state index contributed by atoms with van der Waals surface area (Å²) >= 11 is 9.79. The summed E-state index contributed by atoms with van der Waals surface area (Å²) in [6.45, 7) is 4.96. The first kappa shape index (κ1) is 16.8. The summed E-state index contributed by atoms with van der Waals surface area (Å²) in [4.78, 5) is 6.45. The van der Waals surface area contributed by atoms with Gasteiger partial charge in [-0.25, -0.2) is 4.99 Å². The molecule has 2 aromatic rings. The van der Waals surface area contributed by atoms with Gasteiger partial charge in [0.1, 0.15) is 11.5 Å². The minimum absolute atomic E-state index is 0.535. The van der Waals surface area contributed by atoms with Gasteiger partial charge in [0.2, 0.25) is 0 Å².